The molecule has 0 atom stereocenters. The van der Waals surface area contributed by atoms with E-state index in [4.69, 9.17) is 10.7 Å². The SMILES string of the molecule is CCc1ccc(-c2nc(-c3ccc4nc(N)n(S(=O)(=O)C(C)C)c4c3)c(-c3ccccc3)[nH]2)s1. The van der Waals surface area contributed by atoms with E-state index in [1.807, 2.05) is 36.4 Å². The highest BCUT2D eigenvalue weighted by Gasteiger charge is 2.25. The first-order valence-corrected chi connectivity index (χ1v) is 13.4. The van der Waals surface area contributed by atoms with Gasteiger partial charge in [0, 0.05) is 16.0 Å². The largest absolute Gasteiger partial charge is 0.368 e. The molecule has 0 saturated heterocycles. The number of aromatic amines is 1. The van der Waals surface area contributed by atoms with Crippen LogP contribution in [0.2, 0.25) is 0 Å². The molecule has 3 N–H and O–H groups in total. The summed E-state index contributed by atoms with van der Waals surface area (Å²) in [5.41, 5.74) is 10.4. The van der Waals surface area contributed by atoms with E-state index >= 15 is 0 Å². The molecule has 7 nitrogen and oxygen atoms in total. The molecule has 0 saturated carbocycles. The van der Waals surface area contributed by atoms with Crippen LogP contribution in [0.3, 0.4) is 0 Å². The lowest BCUT2D eigenvalue weighted by molar-refractivity contribution is 0.580. The number of anilines is 1. The van der Waals surface area contributed by atoms with Gasteiger partial charge in [-0.1, -0.05) is 43.3 Å². The van der Waals surface area contributed by atoms with E-state index in [2.05, 4.69) is 29.0 Å². The highest BCUT2D eigenvalue weighted by molar-refractivity contribution is 7.90. The number of thiophene rings is 1. The second kappa shape index (κ2) is 8.41. The second-order valence-corrected chi connectivity index (χ2v) is 11.8. The predicted molar refractivity (Wildman–Crippen MR) is 139 cm³/mol. The van der Waals surface area contributed by atoms with Crippen molar-refractivity contribution in [1.82, 2.24) is 18.9 Å². The Labute approximate surface area is 202 Å². The summed E-state index contributed by atoms with van der Waals surface area (Å²) in [6, 6.07) is 19.7. The van der Waals surface area contributed by atoms with Gasteiger partial charge in [-0.05, 0) is 44.5 Å². The van der Waals surface area contributed by atoms with Crippen molar-refractivity contribution in [1.29, 1.82) is 0 Å². The fourth-order valence-corrected chi connectivity index (χ4v) is 5.94. The average molecular weight is 492 g/mol. The number of fused-ring (bicyclic) bond motifs is 1. The minimum Gasteiger partial charge on any atom is -0.368 e. The number of nitrogens with zero attached hydrogens (tertiary/aromatic N) is 3. The third-order valence-corrected chi connectivity index (χ3v) is 9.09. The van der Waals surface area contributed by atoms with Crippen LogP contribution >= 0.6 is 11.3 Å². The summed E-state index contributed by atoms with van der Waals surface area (Å²) in [5, 5.41) is -0.640. The number of hydrogen-bond donors (Lipinski definition) is 2. The standard InChI is InChI=1S/C25H25N5O2S2/c1-4-18-11-13-21(33-18)24-28-22(16-8-6-5-7-9-16)23(29-24)17-10-12-19-20(14-17)30(25(26)27-19)34(31,32)15(2)3/h5-15H,4H2,1-3H3,(H2,26,27)(H,28,29). The van der Waals surface area contributed by atoms with Crippen LogP contribution in [-0.4, -0.2) is 32.6 Å². The molecule has 5 aromatic rings. The molecular weight excluding hydrogens is 466 g/mol. The first kappa shape index (κ1) is 22.4. The van der Waals surface area contributed by atoms with Crippen LogP contribution in [0.4, 0.5) is 5.95 Å². The number of nitrogen functional groups attached to an aromatic ring is 1. The maximum absolute atomic E-state index is 13.0. The molecule has 34 heavy (non-hydrogen) atoms. The molecule has 174 valence electrons. The van der Waals surface area contributed by atoms with Crippen molar-refractivity contribution in [2.45, 2.75) is 32.4 Å². The molecule has 3 aromatic heterocycles. The average Bonchev–Trinajstić information content (AvgIpc) is 3.55. The molecule has 9 heteroatoms. The van der Waals surface area contributed by atoms with Crippen LogP contribution in [0.25, 0.3) is 44.2 Å². The topological polar surface area (TPSA) is 107 Å². The van der Waals surface area contributed by atoms with Gasteiger partial charge in [-0.15, -0.1) is 11.3 Å². The zero-order valence-corrected chi connectivity index (χ0v) is 20.7. The third-order valence-electron chi connectivity index (χ3n) is 5.77. The van der Waals surface area contributed by atoms with E-state index in [9.17, 15) is 8.42 Å². The van der Waals surface area contributed by atoms with E-state index in [1.54, 1.807) is 37.3 Å². The molecule has 0 unspecified atom stereocenters. The van der Waals surface area contributed by atoms with Crippen LogP contribution < -0.4 is 5.73 Å². The van der Waals surface area contributed by atoms with E-state index < -0.39 is 15.3 Å². The van der Waals surface area contributed by atoms with Gasteiger partial charge in [0.15, 0.2) is 0 Å². The lowest BCUT2D eigenvalue weighted by atomic mass is 10.0. The molecule has 5 rings (SSSR count). The van der Waals surface area contributed by atoms with E-state index in [1.165, 1.54) is 4.88 Å². The summed E-state index contributed by atoms with van der Waals surface area (Å²) in [7, 11) is -3.69. The zero-order chi connectivity index (χ0) is 24.0. The number of hydrogen-bond acceptors (Lipinski definition) is 6. The molecule has 2 aromatic carbocycles. The molecule has 0 spiro atoms. The Bertz CT molecular complexity index is 1600. The van der Waals surface area contributed by atoms with Crippen LogP contribution in [0.5, 0.6) is 0 Å². The second-order valence-electron chi connectivity index (χ2n) is 8.33. The summed E-state index contributed by atoms with van der Waals surface area (Å²) >= 11 is 1.71. The number of benzene rings is 2. The van der Waals surface area contributed by atoms with Crippen molar-refractivity contribution in [2.24, 2.45) is 0 Å². The zero-order valence-electron chi connectivity index (χ0n) is 19.1. The Morgan fingerprint density at radius 1 is 1.03 bits per heavy atom. The molecule has 0 aliphatic rings. The third kappa shape index (κ3) is 3.70. The van der Waals surface area contributed by atoms with Gasteiger partial charge in [-0.2, -0.15) is 0 Å². The minimum absolute atomic E-state index is 0.0440. The normalized spacial score (nSPS) is 12.1. The molecule has 0 fully saturated rings. The van der Waals surface area contributed by atoms with Gasteiger partial charge in [-0.3, -0.25) is 0 Å². The fraction of sp³-hybridized carbons (Fsp3) is 0.200. The molecule has 0 bridgehead atoms. The Morgan fingerprint density at radius 2 is 1.79 bits per heavy atom. The summed E-state index contributed by atoms with van der Waals surface area (Å²) in [6.07, 6.45) is 0.968. The quantitative estimate of drug-likeness (QED) is 0.324. The number of imidazole rings is 2. The van der Waals surface area contributed by atoms with Gasteiger partial charge < -0.3 is 10.7 Å². The van der Waals surface area contributed by atoms with Gasteiger partial charge in [0.25, 0.3) is 0 Å². The van der Waals surface area contributed by atoms with Crippen molar-refractivity contribution in [3.63, 3.8) is 0 Å². The highest BCUT2D eigenvalue weighted by Crippen LogP contribution is 2.36. The number of rotatable bonds is 6. The number of aromatic nitrogens is 4. The minimum atomic E-state index is -3.69. The summed E-state index contributed by atoms with van der Waals surface area (Å²) in [6.45, 7) is 5.39. The molecular formula is C25H25N5O2S2. The van der Waals surface area contributed by atoms with Crippen molar-refractivity contribution in [3.8, 4) is 33.2 Å². The molecule has 0 aliphatic carbocycles. The fourth-order valence-electron chi connectivity index (χ4n) is 3.91. The van der Waals surface area contributed by atoms with E-state index in [0.717, 1.165) is 43.6 Å². The number of nitrogens with two attached hydrogens (primary N) is 1. The lowest BCUT2D eigenvalue weighted by Gasteiger charge is -2.11. The van der Waals surface area contributed by atoms with Crippen molar-refractivity contribution in [2.75, 3.05) is 5.73 Å². The first-order chi connectivity index (χ1) is 16.3. The summed E-state index contributed by atoms with van der Waals surface area (Å²) in [4.78, 5) is 15.1. The van der Waals surface area contributed by atoms with Crippen LogP contribution in [-0.2, 0) is 16.4 Å². The summed E-state index contributed by atoms with van der Waals surface area (Å²) in [5.74, 6) is 0.735. The van der Waals surface area contributed by atoms with Crippen LogP contribution in [0.15, 0.2) is 60.7 Å². The van der Waals surface area contributed by atoms with Crippen molar-refractivity contribution in [3.05, 3.63) is 65.5 Å². The van der Waals surface area contributed by atoms with E-state index in [-0.39, 0.29) is 5.95 Å². The van der Waals surface area contributed by atoms with E-state index in [0.29, 0.717) is 11.0 Å². The highest BCUT2D eigenvalue weighted by atomic mass is 32.2. The van der Waals surface area contributed by atoms with Crippen molar-refractivity contribution < 1.29 is 8.42 Å². The Balaban J connectivity index is 1.73. The van der Waals surface area contributed by atoms with Gasteiger partial charge in [-0.25, -0.2) is 22.4 Å². The van der Waals surface area contributed by atoms with Crippen LogP contribution in [0.1, 0.15) is 25.6 Å². The summed E-state index contributed by atoms with van der Waals surface area (Å²) < 4.78 is 27.2. The number of H-pyrrole nitrogens is 1. The number of nitrogens with one attached hydrogen (secondary N) is 1. The Kier molecular flexibility index (Phi) is 5.53. The Morgan fingerprint density at radius 3 is 2.47 bits per heavy atom. The monoisotopic (exact) mass is 491 g/mol. The molecule has 3 heterocycles. The molecule has 0 aliphatic heterocycles. The smallest absolute Gasteiger partial charge is 0.244 e. The van der Waals surface area contributed by atoms with Gasteiger partial charge in [0.1, 0.15) is 5.82 Å². The maximum Gasteiger partial charge on any atom is 0.244 e. The van der Waals surface area contributed by atoms with Gasteiger partial charge >= 0.3 is 0 Å². The van der Waals surface area contributed by atoms with Gasteiger partial charge in [0.05, 0.1) is 32.5 Å². The van der Waals surface area contributed by atoms with Gasteiger partial charge in [0.2, 0.25) is 16.0 Å². The first-order valence-electron chi connectivity index (χ1n) is 11.1. The maximum atomic E-state index is 13.0. The lowest BCUT2D eigenvalue weighted by Crippen LogP contribution is -2.23. The molecule has 0 radical (unpaired) electrons. The Hall–Kier alpha value is -3.43. The molecule has 0 amide bonds. The predicted octanol–water partition coefficient (Wildman–Crippen LogP) is 5.55. The van der Waals surface area contributed by atoms with Crippen LogP contribution in [0, 0.1) is 0 Å². The number of aryl methyl sites for hydroxylation is 1. The van der Waals surface area contributed by atoms with Crippen molar-refractivity contribution >= 4 is 38.3 Å².